The van der Waals surface area contributed by atoms with E-state index < -0.39 is 11.9 Å². The number of carbonyl (C=O) groups is 2. The molecule has 0 aliphatic carbocycles. The summed E-state index contributed by atoms with van der Waals surface area (Å²) in [4.78, 5) is 24.2. The topological polar surface area (TPSA) is 68.5 Å². The Labute approximate surface area is 145 Å². The van der Waals surface area contributed by atoms with Crippen LogP contribution < -0.4 is 5.32 Å². The number of ether oxygens (including phenoxy) is 1. The highest BCUT2D eigenvalue weighted by atomic mass is 16.5. The van der Waals surface area contributed by atoms with Gasteiger partial charge in [-0.3, -0.25) is 4.79 Å². The van der Waals surface area contributed by atoms with E-state index in [1.165, 1.54) is 0 Å². The molecule has 128 valence electrons. The van der Waals surface area contributed by atoms with Crippen LogP contribution in [0.15, 0.2) is 46.9 Å². The number of fused-ring (bicyclic) bond motifs is 1. The van der Waals surface area contributed by atoms with Crippen LogP contribution in [0.1, 0.15) is 27.2 Å². The molecule has 0 spiro atoms. The molecular weight excluding hydrogens is 318 g/mol. The number of amides is 1. The summed E-state index contributed by atoms with van der Waals surface area (Å²) >= 11 is 0. The molecule has 0 fully saturated rings. The van der Waals surface area contributed by atoms with Gasteiger partial charge >= 0.3 is 5.97 Å². The minimum Gasteiger partial charge on any atom is -0.450 e. The summed E-state index contributed by atoms with van der Waals surface area (Å²) in [6.07, 6.45) is 0. The summed E-state index contributed by atoms with van der Waals surface area (Å²) in [6, 6.07) is 13.1. The van der Waals surface area contributed by atoms with E-state index in [1.54, 1.807) is 13.0 Å². The smallest absolute Gasteiger partial charge is 0.375 e. The third kappa shape index (κ3) is 3.71. The lowest BCUT2D eigenvalue weighted by atomic mass is 10.1. The highest BCUT2D eigenvalue weighted by Gasteiger charge is 2.19. The predicted molar refractivity (Wildman–Crippen MR) is 95.8 cm³/mol. The van der Waals surface area contributed by atoms with Crippen molar-refractivity contribution < 1.29 is 18.7 Å². The lowest BCUT2D eigenvalue weighted by Crippen LogP contribution is -2.21. The molecule has 0 bridgehead atoms. The summed E-state index contributed by atoms with van der Waals surface area (Å²) in [7, 11) is 0. The molecule has 5 heteroatoms. The van der Waals surface area contributed by atoms with E-state index in [0.29, 0.717) is 16.8 Å². The van der Waals surface area contributed by atoms with Crippen LogP contribution in [0.25, 0.3) is 11.0 Å². The quantitative estimate of drug-likeness (QED) is 0.726. The summed E-state index contributed by atoms with van der Waals surface area (Å²) in [5, 5.41) is 3.58. The molecular formula is C20H19NO4. The van der Waals surface area contributed by atoms with Crippen molar-refractivity contribution >= 4 is 28.5 Å². The molecule has 3 rings (SSSR count). The molecule has 0 saturated carbocycles. The zero-order valence-corrected chi connectivity index (χ0v) is 14.4. The number of anilines is 1. The lowest BCUT2D eigenvalue weighted by Gasteiger charge is -2.08. The van der Waals surface area contributed by atoms with Crippen molar-refractivity contribution in [1.29, 1.82) is 0 Å². The Morgan fingerprint density at radius 1 is 1.04 bits per heavy atom. The first-order valence-electron chi connectivity index (χ1n) is 7.97. The second-order valence-corrected chi connectivity index (χ2v) is 6.05. The first-order valence-corrected chi connectivity index (χ1v) is 7.97. The van der Waals surface area contributed by atoms with E-state index in [0.717, 1.165) is 16.5 Å². The molecule has 1 N–H and O–H groups in total. The van der Waals surface area contributed by atoms with Crippen molar-refractivity contribution in [2.45, 2.75) is 20.8 Å². The van der Waals surface area contributed by atoms with Gasteiger partial charge in [0.05, 0.1) is 0 Å². The number of benzene rings is 2. The van der Waals surface area contributed by atoms with Gasteiger partial charge in [-0.05, 0) is 50.1 Å². The number of rotatable bonds is 4. The Kier molecular flexibility index (Phi) is 4.57. The molecule has 0 aliphatic rings. The van der Waals surface area contributed by atoms with Gasteiger partial charge in [0.25, 0.3) is 5.91 Å². The SMILES string of the molecule is Cc1cc(C)cc(NC(=O)COC(=O)c2oc3ccccc3c2C)c1. The molecule has 1 heterocycles. The highest BCUT2D eigenvalue weighted by molar-refractivity contribution is 5.98. The number of hydrogen-bond acceptors (Lipinski definition) is 4. The van der Waals surface area contributed by atoms with E-state index in [2.05, 4.69) is 5.32 Å². The highest BCUT2D eigenvalue weighted by Crippen LogP contribution is 2.25. The summed E-state index contributed by atoms with van der Waals surface area (Å²) in [5.41, 5.74) is 4.09. The van der Waals surface area contributed by atoms with Gasteiger partial charge < -0.3 is 14.5 Å². The second kappa shape index (κ2) is 6.81. The van der Waals surface area contributed by atoms with Crippen LogP contribution >= 0.6 is 0 Å². The molecule has 1 aromatic heterocycles. The Hall–Kier alpha value is -3.08. The summed E-state index contributed by atoms with van der Waals surface area (Å²) < 4.78 is 10.6. The fourth-order valence-corrected chi connectivity index (χ4v) is 2.81. The molecule has 0 saturated heterocycles. The third-order valence-electron chi connectivity index (χ3n) is 3.87. The monoisotopic (exact) mass is 337 g/mol. The van der Waals surface area contributed by atoms with Crippen molar-refractivity contribution in [3.8, 4) is 0 Å². The van der Waals surface area contributed by atoms with E-state index in [9.17, 15) is 9.59 Å². The van der Waals surface area contributed by atoms with E-state index in [1.807, 2.05) is 50.2 Å². The largest absolute Gasteiger partial charge is 0.450 e. The molecule has 0 unspecified atom stereocenters. The van der Waals surface area contributed by atoms with Crippen molar-refractivity contribution in [2.75, 3.05) is 11.9 Å². The zero-order valence-electron chi connectivity index (χ0n) is 14.4. The number of carbonyl (C=O) groups excluding carboxylic acids is 2. The van der Waals surface area contributed by atoms with Crippen LogP contribution in [0.5, 0.6) is 0 Å². The fourth-order valence-electron chi connectivity index (χ4n) is 2.81. The average molecular weight is 337 g/mol. The summed E-state index contributed by atoms with van der Waals surface area (Å²) in [5.74, 6) is -0.920. The van der Waals surface area contributed by atoms with Gasteiger partial charge in [0.15, 0.2) is 6.61 Å². The van der Waals surface area contributed by atoms with Crippen molar-refractivity contribution in [1.82, 2.24) is 0 Å². The van der Waals surface area contributed by atoms with Gasteiger partial charge in [0.1, 0.15) is 5.58 Å². The number of hydrogen-bond donors (Lipinski definition) is 1. The number of para-hydroxylation sites is 1. The normalized spacial score (nSPS) is 10.7. The van der Waals surface area contributed by atoms with E-state index in [-0.39, 0.29) is 12.4 Å². The first-order chi connectivity index (χ1) is 11.9. The second-order valence-electron chi connectivity index (χ2n) is 6.05. The molecule has 0 aliphatic heterocycles. The van der Waals surface area contributed by atoms with Gasteiger partial charge in [-0.15, -0.1) is 0 Å². The van der Waals surface area contributed by atoms with Gasteiger partial charge in [0.2, 0.25) is 5.76 Å². The Balaban J connectivity index is 1.65. The molecule has 0 radical (unpaired) electrons. The van der Waals surface area contributed by atoms with Crippen LogP contribution in [0, 0.1) is 20.8 Å². The fraction of sp³-hybridized carbons (Fsp3) is 0.200. The van der Waals surface area contributed by atoms with Crippen LogP contribution in [0.3, 0.4) is 0 Å². The molecule has 0 atom stereocenters. The molecule has 5 nitrogen and oxygen atoms in total. The van der Waals surface area contributed by atoms with Crippen molar-refractivity contribution in [3.05, 3.63) is 64.9 Å². The minimum absolute atomic E-state index is 0.125. The first kappa shape index (κ1) is 16.8. The number of esters is 1. The van der Waals surface area contributed by atoms with E-state index >= 15 is 0 Å². The maximum Gasteiger partial charge on any atom is 0.375 e. The Morgan fingerprint density at radius 3 is 2.40 bits per heavy atom. The minimum atomic E-state index is -0.649. The maximum atomic E-state index is 12.2. The molecule has 2 aromatic carbocycles. The lowest BCUT2D eigenvalue weighted by molar-refractivity contribution is -0.119. The molecule has 3 aromatic rings. The van der Waals surface area contributed by atoms with Crippen LogP contribution in [0.2, 0.25) is 0 Å². The number of nitrogens with one attached hydrogen (secondary N) is 1. The van der Waals surface area contributed by atoms with E-state index in [4.69, 9.17) is 9.15 Å². The van der Waals surface area contributed by atoms with Crippen molar-refractivity contribution in [3.63, 3.8) is 0 Å². The Bertz CT molecular complexity index is 935. The van der Waals surface area contributed by atoms with Gasteiger partial charge in [0, 0.05) is 16.6 Å². The predicted octanol–water partition coefficient (Wildman–Crippen LogP) is 4.15. The number of aryl methyl sites for hydroxylation is 3. The third-order valence-corrected chi connectivity index (χ3v) is 3.87. The van der Waals surface area contributed by atoms with Gasteiger partial charge in [-0.25, -0.2) is 4.79 Å². The van der Waals surface area contributed by atoms with Crippen LogP contribution in [0.4, 0.5) is 5.69 Å². The van der Waals surface area contributed by atoms with Gasteiger partial charge in [-0.2, -0.15) is 0 Å². The molecule has 25 heavy (non-hydrogen) atoms. The molecule has 1 amide bonds. The Morgan fingerprint density at radius 2 is 1.72 bits per heavy atom. The number of furan rings is 1. The van der Waals surface area contributed by atoms with Crippen molar-refractivity contribution in [2.24, 2.45) is 0 Å². The summed E-state index contributed by atoms with van der Waals surface area (Å²) in [6.45, 7) is 5.32. The van der Waals surface area contributed by atoms with Gasteiger partial charge in [-0.1, -0.05) is 24.3 Å². The van der Waals surface area contributed by atoms with Crippen LogP contribution in [-0.4, -0.2) is 18.5 Å². The standard InChI is InChI=1S/C20H19NO4/c1-12-8-13(2)10-15(9-12)21-18(22)11-24-20(23)19-14(3)16-6-4-5-7-17(16)25-19/h4-10H,11H2,1-3H3,(H,21,22). The zero-order chi connectivity index (χ0) is 18.0. The van der Waals surface area contributed by atoms with Crippen LogP contribution in [-0.2, 0) is 9.53 Å². The maximum absolute atomic E-state index is 12.2. The average Bonchev–Trinajstić information content (AvgIpc) is 2.89.